The van der Waals surface area contributed by atoms with E-state index in [1.165, 1.54) is 116 Å². The Kier molecular flexibility index (Phi) is 5.64. The summed E-state index contributed by atoms with van der Waals surface area (Å²) in [6.45, 7) is 0. The molecule has 2 N–H and O–H groups in total. The van der Waals surface area contributed by atoms with Gasteiger partial charge in [-0.3, -0.25) is 0 Å². The third kappa shape index (κ3) is 3.42. The van der Waals surface area contributed by atoms with Crippen LogP contribution in [0.1, 0.15) is 64.1 Å². The van der Waals surface area contributed by atoms with Gasteiger partial charge in [0.2, 0.25) is 0 Å². The lowest BCUT2D eigenvalue weighted by atomic mass is 9.67. The molecule has 0 aromatic heterocycles. The van der Waals surface area contributed by atoms with Gasteiger partial charge in [-0.15, -0.1) is 0 Å². The number of allylic oxidation sites excluding steroid dienone is 1. The Labute approximate surface area is 315 Å². The number of rotatable bonds is 0. The molecule has 5 aliphatic rings. The van der Waals surface area contributed by atoms with Gasteiger partial charge < -0.3 is 5.73 Å². The molecule has 54 heavy (non-hydrogen) atoms. The lowest BCUT2D eigenvalue weighted by Gasteiger charge is -2.34. The van der Waals surface area contributed by atoms with Crippen molar-refractivity contribution in [3.05, 3.63) is 196 Å². The average Bonchev–Trinajstić information content (AvgIpc) is 3.91. The molecule has 0 fully saturated rings. The van der Waals surface area contributed by atoms with Gasteiger partial charge in [-0.05, 0) is 148 Å². The molecule has 1 nitrogen and oxygen atoms in total. The Morgan fingerprint density at radius 2 is 1.15 bits per heavy atom. The predicted molar refractivity (Wildman–Crippen MR) is 224 cm³/mol. The minimum Gasteiger partial charge on any atom is -0.324 e. The van der Waals surface area contributed by atoms with Crippen molar-refractivity contribution >= 4 is 27.1 Å². The summed E-state index contributed by atoms with van der Waals surface area (Å²) in [6.07, 6.45) is 4.05. The number of nitrogens with two attached hydrogens (primary N) is 1. The Morgan fingerprint density at radius 1 is 0.481 bits per heavy atom. The zero-order chi connectivity index (χ0) is 35.3. The summed E-state index contributed by atoms with van der Waals surface area (Å²) in [7, 11) is 0. The third-order valence-corrected chi connectivity index (χ3v) is 14.0. The van der Waals surface area contributed by atoms with Crippen molar-refractivity contribution < 1.29 is 0 Å². The second-order valence-corrected chi connectivity index (χ2v) is 16.2. The monoisotopic (exact) mass is 687 g/mol. The van der Waals surface area contributed by atoms with Crippen LogP contribution in [0.4, 0.5) is 0 Å². The highest BCUT2D eigenvalue weighted by molar-refractivity contribution is 6.26. The molecule has 0 aliphatic heterocycles. The highest BCUT2D eigenvalue weighted by atomic mass is 14.7. The molecule has 254 valence electrons. The van der Waals surface area contributed by atoms with Crippen molar-refractivity contribution in [2.45, 2.75) is 43.1 Å². The molecule has 13 rings (SSSR count). The summed E-state index contributed by atoms with van der Waals surface area (Å²) in [5.41, 5.74) is 31.2. The molecule has 3 atom stereocenters. The van der Waals surface area contributed by atoms with Crippen molar-refractivity contribution in [1.82, 2.24) is 0 Å². The van der Waals surface area contributed by atoms with Crippen molar-refractivity contribution in [3.8, 4) is 44.5 Å². The molecule has 0 radical (unpaired) electrons. The van der Waals surface area contributed by atoms with E-state index in [0.717, 1.165) is 25.7 Å². The van der Waals surface area contributed by atoms with Gasteiger partial charge in [0.1, 0.15) is 0 Å². The van der Waals surface area contributed by atoms with E-state index in [1.54, 1.807) is 0 Å². The fourth-order valence-electron chi connectivity index (χ4n) is 12.1. The molecule has 5 aliphatic carbocycles. The van der Waals surface area contributed by atoms with Crippen LogP contribution in [0.25, 0.3) is 71.6 Å². The number of hydrogen-bond acceptors (Lipinski definition) is 1. The summed E-state index contributed by atoms with van der Waals surface area (Å²) in [5, 5.41) is 5.43. The summed E-state index contributed by atoms with van der Waals surface area (Å²) in [4.78, 5) is 0. The van der Waals surface area contributed by atoms with Crippen LogP contribution in [-0.2, 0) is 11.8 Å². The zero-order valence-electron chi connectivity index (χ0n) is 30.0. The van der Waals surface area contributed by atoms with Crippen LogP contribution in [0.5, 0.6) is 0 Å². The highest BCUT2D eigenvalue weighted by Crippen LogP contribution is 2.65. The first-order valence-corrected chi connectivity index (χ1v) is 19.8. The van der Waals surface area contributed by atoms with E-state index in [4.69, 9.17) is 5.73 Å². The molecular weight excluding hydrogens is 651 g/mol. The van der Waals surface area contributed by atoms with Crippen LogP contribution in [0.2, 0.25) is 0 Å². The van der Waals surface area contributed by atoms with Crippen LogP contribution in [0, 0.1) is 0 Å². The molecule has 8 aromatic rings. The molecule has 3 unspecified atom stereocenters. The van der Waals surface area contributed by atoms with Gasteiger partial charge in [0.15, 0.2) is 0 Å². The summed E-state index contributed by atoms with van der Waals surface area (Å²) in [6, 6.07) is 58.0. The number of fused-ring (bicyclic) bond motifs is 18. The molecule has 0 heterocycles. The SMILES string of the molecule is NC1CC2c3ccccc3-c3cccc(c32)CCCC2=C1c1ccccc1C21c2ccccc2-c2c1ccc1c2cc2c3c(cccc31)-c1ccccc1-2. The van der Waals surface area contributed by atoms with Gasteiger partial charge >= 0.3 is 0 Å². The van der Waals surface area contributed by atoms with Gasteiger partial charge in [-0.1, -0.05) is 146 Å². The Balaban J connectivity index is 1.10. The standard InChI is InChI=1S/C53H37N/c54-48-29-43-34-17-4-1-14-31(34)36-20-9-12-30(49(36)43)13-10-25-46-52(48)40-19-6-8-24-45(40)53(46)44-23-7-5-18-39(44)51-42-28-41-33-16-3-2-15-32(33)37-21-11-22-38(50(37)41)35(42)26-27-47(51)53/h1-9,11-12,14-24,26-28,43,48H,10,13,25,29,54H2. The van der Waals surface area contributed by atoms with E-state index in [0.29, 0.717) is 5.92 Å². The Morgan fingerprint density at radius 3 is 2.00 bits per heavy atom. The largest absolute Gasteiger partial charge is 0.324 e. The van der Waals surface area contributed by atoms with Gasteiger partial charge in [-0.2, -0.15) is 0 Å². The average molecular weight is 688 g/mol. The Hall–Kier alpha value is -6.02. The molecule has 1 spiro atoms. The molecule has 0 amide bonds. The van der Waals surface area contributed by atoms with Crippen molar-refractivity contribution in [3.63, 3.8) is 0 Å². The maximum atomic E-state index is 7.70. The number of aryl methyl sites for hydroxylation is 1. The number of benzene rings is 8. The van der Waals surface area contributed by atoms with E-state index >= 15 is 0 Å². The van der Waals surface area contributed by atoms with E-state index in [2.05, 4.69) is 152 Å². The van der Waals surface area contributed by atoms with E-state index in [1.807, 2.05) is 0 Å². The molecule has 1 heteroatoms. The fourth-order valence-corrected chi connectivity index (χ4v) is 12.1. The minimum absolute atomic E-state index is 0.105. The number of hydrogen-bond donors (Lipinski definition) is 1. The third-order valence-electron chi connectivity index (χ3n) is 14.0. The quantitative estimate of drug-likeness (QED) is 0.158. The van der Waals surface area contributed by atoms with Crippen LogP contribution < -0.4 is 5.73 Å². The van der Waals surface area contributed by atoms with Crippen LogP contribution in [0.3, 0.4) is 0 Å². The first-order chi connectivity index (χ1) is 26.7. The topological polar surface area (TPSA) is 26.0 Å². The maximum absolute atomic E-state index is 7.70. The van der Waals surface area contributed by atoms with Crippen LogP contribution in [-0.4, -0.2) is 6.04 Å². The molecule has 8 aromatic carbocycles. The molecule has 0 bridgehead atoms. The van der Waals surface area contributed by atoms with Gasteiger partial charge in [0, 0.05) is 12.0 Å². The summed E-state index contributed by atoms with van der Waals surface area (Å²) >= 11 is 0. The second kappa shape index (κ2) is 10.3. The van der Waals surface area contributed by atoms with Crippen LogP contribution in [0.15, 0.2) is 157 Å². The van der Waals surface area contributed by atoms with Gasteiger partial charge in [0.25, 0.3) is 0 Å². The van der Waals surface area contributed by atoms with Crippen molar-refractivity contribution in [1.29, 1.82) is 0 Å². The lowest BCUT2D eigenvalue weighted by Crippen LogP contribution is -2.30. The van der Waals surface area contributed by atoms with E-state index in [9.17, 15) is 0 Å². The fraction of sp³-hybridized carbons (Fsp3) is 0.132. The van der Waals surface area contributed by atoms with Crippen molar-refractivity contribution in [2.24, 2.45) is 5.73 Å². The predicted octanol–water partition coefficient (Wildman–Crippen LogP) is 12.6. The summed E-state index contributed by atoms with van der Waals surface area (Å²) in [5.74, 6) is 0.291. The molecule has 0 saturated heterocycles. The lowest BCUT2D eigenvalue weighted by molar-refractivity contribution is 0.633. The van der Waals surface area contributed by atoms with E-state index in [-0.39, 0.29) is 6.04 Å². The molecular formula is C53H37N. The van der Waals surface area contributed by atoms with E-state index < -0.39 is 5.41 Å². The van der Waals surface area contributed by atoms with Crippen LogP contribution >= 0.6 is 0 Å². The van der Waals surface area contributed by atoms with Gasteiger partial charge in [-0.25, -0.2) is 0 Å². The highest BCUT2D eigenvalue weighted by Gasteiger charge is 2.54. The first-order valence-electron chi connectivity index (χ1n) is 19.8. The minimum atomic E-state index is -0.393. The second-order valence-electron chi connectivity index (χ2n) is 16.2. The normalized spacial score (nSPS) is 20.8. The zero-order valence-corrected chi connectivity index (χ0v) is 30.0. The first kappa shape index (κ1) is 29.4. The van der Waals surface area contributed by atoms with Gasteiger partial charge in [0.05, 0.1) is 5.41 Å². The smallest absolute Gasteiger partial charge is 0.0686 e. The van der Waals surface area contributed by atoms with Crippen molar-refractivity contribution in [2.75, 3.05) is 0 Å². The molecule has 0 saturated carbocycles. The summed E-state index contributed by atoms with van der Waals surface area (Å²) < 4.78 is 0. The maximum Gasteiger partial charge on any atom is 0.0686 e. The Bertz CT molecular complexity index is 3030.